The van der Waals surface area contributed by atoms with E-state index in [1.54, 1.807) is 17.1 Å². The molecule has 2 rings (SSSR count). The lowest BCUT2D eigenvalue weighted by molar-refractivity contribution is -0.119. The summed E-state index contributed by atoms with van der Waals surface area (Å²) in [6, 6.07) is -0.676. The molecule has 0 aliphatic carbocycles. The Morgan fingerprint density at radius 3 is 3.31 bits per heavy atom. The smallest absolute Gasteiger partial charge is 0.250 e. The maximum Gasteiger partial charge on any atom is 0.250 e. The van der Waals surface area contributed by atoms with Crippen LogP contribution in [-0.2, 0) is 11.3 Å². The number of carbonyl (C=O) groups is 1. The number of aromatic nitrogens is 3. The van der Waals surface area contributed by atoms with Crippen LogP contribution in [0.15, 0.2) is 11.3 Å². The number of nitrogens with zero attached hydrogens (tertiary/aromatic N) is 4. The fourth-order valence-corrected chi connectivity index (χ4v) is 1.29. The number of rotatable bonds is 1. The van der Waals surface area contributed by atoms with E-state index < -0.39 is 11.9 Å². The van der Waals surface area contributed by atoms with Crippen molar-refractivity contribution in [2.75, 3.05) is 0 Å². The second kappa shape index (κ2) is 2.96. The highest BCUT2D eigenvalue weighted by Gasteiger charge is 2.23. The molecule has 0 aromatic carbocycles. The molecule has 0 fully saturated rings. The first-order valence-electron chi connectivity index (χ1n) is 3.97. The predicted octanol–water partition coefficient (Wildman–Crippen LogP) is -0.721. The zero-order valence-electron chi connectivity index (χ0n) is 6.92. The van der Waals surface area contributed by atoms with E-state index in [4.69, 9.17) is 5.73 Å². The van der Waals surface area contributed by atoms with Gasteiger partial charge in [0.2, 0.25) is 5.91 Å². The number of nitrogens with two attached hydrogens (primary N) is 1. The monoisotopic (exact) mass is 179 g/mol. The number of primary amides is 1. The van der Waals surface area contributed by atoms with Crippen LogP contribution in [0.25, 0.3) is 0 Å². The molecule has 1 aromatic heterocycles. The molecule has 1 amide bonds. The van der Waals surface area contributed by atoms with Crippen molar-refractivity contribution in [3.8, 4) is 0 Å². The van der Waals surface area contributed by atoms with Gasteiger partial charge in [0, 0.05) is 19.2 Å². The van der Waals surface area contributed by atoms with Crippen LogP contribution in [0.1, 0.15) is 18.3 Å². The molecular formula is C7H9N5O. The predicted molar refractivity (Wildman–Crippen MR) is 45.1 cm³/mol. The first-order chi connectivity index (χ1) is 6.29. The lowest BCUT2D eigenvalue weighted by atomic mass is 10.3. The third-order valence-corrected chi connectivity index (χ3v) is 1.91. The van der Waals surface area contributed by atoms with Gasteiger partial charge in [-0.05, 0) is 0 Å². The Morgan fingerprint density at radius 2 is 2.54 bits per heavy atom. The summed E-state index contributed by atoms with van der Waals surface area (Å²) in [5.41, 5.74) is 5.18. The Balaban J connectivity index is 2.44. The highest BCUT2D eigenvalue weighted by atomic mass is 16.1. The first kappa shape index (κ1) is 7.90. The zero-order chi connectivity index (χ0) is 9.26. The second-order valence-corrected chi connectivity index (χ2v) is 2.81. The van der Waals surface area contributed by atoms with Crippen molar-refractivity contribution in [1.82, 2.24) is 14.8 Å². The van der Waals surface area contributed by atoms with Crippen LogP contribution >= 0.6 is 0 Å². The summed E-state index contributed by atoms with van der Waals surface area (Å²) in [4.78, 5) is 15.0. The molecule has 6 heteroatoms. The highest BCUT2D eigenvalue weighted by molar-refractivity contribution is 5.82. The minimum Gasteiger partial charge on any atom is -0.367 e. The molecule has 0 spiro atoms. The van der Waals surface area contributed by atoms with Crippen molar-refractivity contribution in [3.05, 3.63) is 12.2 Å². The van der Waals surface area contributed by atoms with Crippen molar-refractivity contribution in [3.63, 3.8) is 0 Å². The lowest BCUT2D eigenvalue weighted by Gasteiger charge is -2.05. The molecule has 6 nitrogen and oxygen atoms in total. The fourth-order valence-electron chi connectivity index (χ4n) is 1.29. The van der Waals surface area contributed by atoms with Gasteiger partial charge in [0.15, 0.2) is 11.9 Å². The fraction of sp³-hybridized carbons (Fsp3) is 0.429. The van der Waals surface area contributed by atoms with E-state index >= 15 is 0 Å². The van der Waals surface area contributed by atoms with Crippen LogP contribution in [0, 0.1) is 0 Å². The van der Waals surface area contributed by atoms with E-state index in [1.807, 2.05) is 0 Å². The third kappa shape index (κ3) is 1.30. The molecule has 13 heavy (non-hydrogen) atoms. The molecule has 2 heterocycles. The minimum atomic E-state index is -0.676. The molecule has 0 saturated heterocycles. The standard InChI is InChI=1S/C7H9N5O/c8-6(13)5-7-11-10-4-12(7)3-1-2-9-5/h2,4-5H,1,3H2,(H2,8,13). The van der Waals surface area contributed by atoms with Crippen molar-refractivity contribution < 1.29 is 4.79 Å². The van der Waals surface area contributed by atoms with Gasteiger partial charge >= 0.3 is 0 Å². The Bertz CT molecular complexity index is 356. The maximum atomic E-state index is 11.0. The number of aliphatic imine (C=N–C) groups is 1. The topological polar surface area (TPSA) is 86.2 Å². The Hall–Kier alpha value is -1.72. The largest absolute Gasteiger partial charge is 0.367 e. The molecule has 68 valence electrons. The molecule has 1 aromatic rings. The zero-order valence-corrected chi connectivity index (χ0v) is 6.92. The van der Waals surface area contributed by atoms with Crippen LogP contribution in [0.4, 0.5) is 0 Å². The molecule has 1 aliphatic heterocycles. The van der Waals surface area contributed by atoms with Crippen molar-refractivity contribution in [2.24, 2.45) is 10.7 Å². The molecular weight excluding hydrogens is 170 g/mol. The lowest BCUT2D eigenvalue weighted by Crippen LogP contribution is -2.22. The Labute approximate surface area is 74.5 Å². The van der Waals surface area contributed by atoms with Gasteiger partial charge in [-0.3, -0.25) is 9.79 Å². The van der Waals surface area contributed by atoms with E-state index in [9.17, 15) is 4.79 Å². The normalized spacial score (nSPS) is 20.8. The van der Waals surface area contributed by atoms with Gasteiger partial charge in [0.1, 0.15) is 6.33 Å². The number of aryl methyl sites for hydroxylation is 1. The summed E-state index contributed by atoms with van der Waals surface area (Å²) < 4.78 is 1.79. The summed E-state index contributed by atoms with van der Waals surface area (Å²) >= 11 is 0. The molecule has 1 atom stereocenters. The van der Waals surface area contributed by atoms with E-state index in [0.29, 0.717) is 5.82 Å². The average molecular weight is 179 g/mol. The molecule has 0 saturated carbocycles. The second-order valence-electron chi connectivity index (χ2n) is 2.81. The van der Waals surface area contributed by atoms with Crippen LogP contribution < -0.4 is 5.73 Å². The minimum absolute atomic E-state index is 0.493. The van der Waals surface area contributed by atoms with Crippen LogP contribution in [-0.4, -0.2) is 26.9 Å². The summed E-state index contributed by atoms with van der Waals surface area (Å²) in [7, 11) is 0. The van der Waals surface area contributed by atoms with Gasteiger partial charge in [-0.2, -0.15) is 0 Å². The van der Waals surface area contributed by atoms with Crippen LogP contribution in [0.2, 0.25) is 0 Å². The highest BCUT2D eigenvalue weighted by Crippen LogP contribution is 2.16. The van der Waals surface area contributed by atoms with E-state index in [2.05, 4.69) is 15.2 Å². The van der Waals surface area contributed by atoms with Crippen LogP contribution in [0.5, 0.6) is 0 Å². The van der Waals surface area contributed by atoms with Crippen molar-refractivity contribution in [1.29, 1.82) is 0 Å². The Kier molecular flexibility index (Phi) is 1.80. The summed E-state index contributed by atoms with van der Waals surface area (Å²) in [5.74, 6) is 0.0358. The van der Waals surface area contributed by atoms with Gasteiger partial charge in [-0.1, -0.05) is 0 Å². The van der Waals surface area contributed by atoms with Crippen molar-refractivity contribution in [2.45, 2.75) is 19.0 Å². The van der Waals surface area contributed by atoms with Gasteiger partial charge < -0.3 is 10.3 Å². The number of hydrogen-bond acceptors (Lipinski definition) is 4. The first-order valence-corrected chi connectivity index (χ1v) is 3.97. The van der Waals surface area contributed by atoms with Crippen molar-refractivity contribution >= 4 is 12.1 Å². The summed E-state index contributed by atoms with van der Waals surface area (Å²) in [6.45, 7) is 0.746. The quantitative estimate of drug-likeness (QED) is 0.617. The third-order valence-electron chi connectivity index (χ3n) is 1.91. The van der Waals surface area contributed by atoms with Gasteiger partial charge in [0.05, 0.1) is 0 Å². The number of hydrogen-bond donors (Lipinski definition) is 1. The Morgan fingerprint density at radius 1 is 1.69 bits per heavy atom. The SMILES string of the molecule is NC(=O)C1N=CCCn2cnnc21. The number of amides is 1. The van der Waals surface area contributed by atoms with E-state index in [0.717, 1.165) is 13.0 Å². The molecule has 0 radical (unpaired) electrons. The maximum absolute atomic E-state index is 11.0. The van der Waals surface area contributed by atoms with Gasteiger partial charge in [-0.15, -0.1) is 10.2 Å². The average Bonchev–Trinajstić information content (AvgIpc) is 2.44. The van der Waals surface area contributed by atoms with Gasteiger partial charge in [0.25, 0.3) is 0 Å². The van der Waals surface area contributed by atoms with E-state index in [1.165, 1.54) is 0 Å². The number of fused-ring (bicyclic) bond motifs is 1. The summed E-state index contributed by atoms with van der Waals surface area (Å²) in [6.07, 6.45) is 4.05. The van der Waals surface area contributed by atoms with Crippen LogP contribution in [0.3, 0.4) is 0 Å². The number of carbonyl (C=O) groups excluding carboxylic acids is 1. The summed E-state index contributed by atoms with van der Waals surface area (Å²) in [5, 5.41) is 7.53. The molecule has 2 N–H and O–H groups in total. The molecule has 1 aliphatic rings. The molecule has 0 bridgehead atoms. The van der Waals surface area contributed by atoms with Gasteiger partial charge in [-0.25, -0.2) is 0 Å². The molecule has 1 unspecified atom stereocenters. The van der Waals surface area contributed by atoms with E-state index in [-0.39, 0.29) is 0 Å².